The first-order valence-electron chi connectivity index (χ1n) is 22.8. The summed E-state index contributed by atoms with van der Waals surface area (Å²) in [7, 11) is 0. The van der Waals surface area contributed by atoms with Gasteiger partial charge in [0, 0.05) is 26.6 Å². The molecule has 0 N–H and O–H groups in total. The fourth-order valence-electron chi connectivity index (χ4n) is 13.9. The maximum absolute atomic E-state index is 2.72. The van der Waals surface area contributed by atoms with E-state index < -0.39 is 0 Å². The van der Waals surface area contributed by atoms with Crippen LogP contribution < -0.4 is 4.90 Å². The van der Waals surface area contributed by atoms with Gasteiger partial charge in [0.25, 0.3) is 0 Å². The zero-order valence-electron chi connectivity index (χ0n) is 36.3. The molecule has 6 aliphatic carbocycles. The van der Waals surface area contributed by atoms with E-state index in [-0.39, 0.29) is 27.1 Å². The molecule has 0 saturated heterocycles. The summed E-state index contributed by atoms with van der Waals surface area (Å²) in [4.78, 5) is 5.69. The molecule has 1 spiro atoms. The number of hydrogen-bond donors (Lipinski definition) is 0. The molecule has 1 heterocycles. The Bertz CT molecular complexity index is 2350. The minimum atomic E-state index is 0.0151. The quantitative estimate of drug-likeness (QED) is 0.179. The average molecular weight is 782 g/mol. The van der Waals surface area contributed by atoms with E-state index in [9.17, 15) is 0 Å². The molecule has 4 fully saturated rings. The van der Waals surface area contributed by atoms with Crippen molar-refractivity contribution in [2.75, 3.05) is 4.90 Å². The second-order valence-electron chi connectivity index (χ2n) is 22.3. The molecule has 5 aromatic carbocycles. The first-order chi connectivity index (χ1) is 27.7. The smallest absolute Gasteiger partial charge is 0.0604 e. The standard InChI is InChI=1S/C56H63NS/c1-52(2)24-26-54(5,6)46-33-40(18-21-43(46)52)57(41-19-22-44-47(34-41)55(7,8)27-25-53(44,3)4)48-23-20-42(37-14-10-9-11-15-37)50-51(48)58-49-17-13-12-16-45(49)56(50)38-29-35-28-36(31-38)32-39(56)30-35/h9-23,33-36,38-39H,24-32H2,1-8H3. The molecular formula is C56H63NS. The largest absolute Gasteiger partial charge is 0.309 e. The van der Waals surface area contributed by atoms with Gasteiger partial charge in [0.15, 0.2) is 0 Å². The molecule has 2 heteroatoms. The van der Waals surface area contributed by atoms with E-state index in [1.54, 1.807) is 11.1 Å². The third-order valence-electron chi connectivity index (χ3n) is 17.0. The van der Waals surface area contributed by atoms with Gasteiger partial charge in [0.05, 0.1) is 5.69 Å². The molecule has 0 unspecified atom stereocenters. The number of anilines is 3. The van der Waals surface area contributed by atoms with Crippen LogP contribution in [-0.4, -0.2) is 0 Å². The summed E-state index contributed by atoms with van der Waals surface area (Å²) in [5, 5.41) is 0. The van der Waals surface area contributed by atoms with E-state index in [0.717, 1.165) is 11.8 Å². The predicted octanol–water partition coefficient (Wildman–Crippen LogP) is 15.7. The van der Waals surface area contributed by atoms with Crippen LogP contribution in [0.5, 0.6) is 0 Å². The molecular weight excluding hydrogens is 719 g/mol. The fraction of sp³-hybridized carbons (Fsp3) is 0.464. The molecule has 4 bridgehead atoms. The van der Waals surface area contributed by atoms with Crippen LogP contribution in [0.1, 0.15) is 147 Å². The molecule has 1 nitrogen and oxygen atoms in total. The summed E-state index contributed by atoms with van der Waals surface area (Å²) >= 11 is 2.07. The average Bonchev–Trinajstić information content (AvgIpc) is 3.20. The van der Waals surface area contributed by atoms with Crippen LogP contribution in [-0.2, 0) is 27.1 Å². The molecule has 1 aliphatic heterocycles. The van der Waals surface area contributed by atoms with Crippen LogP contribution in [0, 0.1) is 23.7 Å². The van der Waals surface area contributed by atoms with E-state index >= 15 is 0 Å². The zero-order chi connectivity index (χ0) is 40.0. The summed E-state index contributed by atoms with van der Waals surface area (Å²) in [6.45, 7) is 19.8. The highest BCUT2D eigenvalue weighted by Gasteiger charge is 2.61. The van der Waals surface area contributed by atoms with Crippen LogP contribution >= 0.6 is 11.8 Å². The van der Waals surface area contributed by atoms with Gasteiger partial charge in [-0.25, -0.2) is 0 Å². The number of hydrogen-bond acceptors (Lipinski definition) is 2. The molecule has 4 saturated carbocycles. The van der Waals surface area contributed by atoms with Crippen molar-refractivity contribution in [1.29, 1.82) is 0 Å². The Labute approximate surface area is 353 Å². The second-order valence-corrected chi connectivity index (χ2v) is 23.4. The monoisotopic (exact) mass is 781 g/mol. The molecule has 0 aromatic heterocycles. The normalized spacial score (nSPS) is 28.6. The van der Waals surface area contributed by atoms with E-state index in [1.165, 1.54) is 118 Å². The van der Waals surface area contributed by atoms with Crippen molar-refractivity contribution >= 4 is 28.8 Å². The lowest BCUT2D eigenvalue weighted by Crippen LogP contribution is -2.57. The number of fused-ring (bicyclic) bond motifs is 4. The second kappa shape index (κ2) is 12.6. The Morgan fingerprint density at radius 3 is 1.53 bits per heavy atom. The number of rotatable bonds is 4. The Hall–Kier alpha value is -3.75. The van der Waals surface area contributed by atoms with Crippen LogP contribution in [0.15, 0.2) is 113 Å². The van der Waals surface area contributed by atoms with E-state index in [2.05, 4.69) is 175 Å². The Morgan fingerprint density at radius 1 is 0.483 bits per heavy atom. The van der Waals surface area contributed by atoms with E-state index in [0.29, 0.717) is 11.8 Å². The topological polar surface area (TPSA) is 3.24 Å². The van der Waals surface area contributed by atoms with Crippen molar-refractivity contribution in [3.8, 4) is 11.1 Å². The predicted molar refractivity (Wildman–Crippen MR) is 246 cm³/mol. The van der Waals surface area contributed by atoms with Crippen molar-refractivity contribution in [3.63, 3.8) is 0 Å². The molecule has 0 amide bonds. The van der Waals surface area contributed by atoms with Gasteiger partial charge in [-0.3, -0.25) is 0 Å². The Balaban J connectivity index is 1.22. The summed E-state index contributed by atoms with van der Waals surface area (Å²) in [6.07, 6.45) is 11.8. The van der Waals surface area contributed by atoms with Crippen molar-refractivity contribution in [2.45, 2.75) is 150 Å². The summed E-state index contributed by atoms with van der Waals surface area (Å²) in [5.41, 5.74) is 16.7. The van der Waals surface area contributed by atoms with Gasteiger partial charge >= 0.3 is 0 Å². The van der Waals surface area contributed by atoms with Gasteiger partial charge < -0.3 is 4.90 Å². The lowest BCUT2D eigenvalue weighted by Gasteiger charge is -2.63. The SMILES string of the molecule is CC1(C)CCC(C)(C)c2cc(N(c3ccc4c(c3)C(C)(C)CCC4(C)C)c3ccc(-c4ccccc4)c4c3Sc3ccccc3C43C4CC5CC(C4)CC3C5)ccc21. The van der Waals surface area contributed by atoms with Gasteiger partial charge in [-0.1, -0.05) is 134 Å². The maximum atomic E-state index is 2.72. The minimum Gasteiger partial charge on any atom is -0.309 e. The van der Waals surface area contributed by atoms with Crippen molar-refractivity contribution in [3.05, 3.63) is 137 Å². The maximum Gasteiger partial charge on any atom is 0.0604 e. The molecule has 58 heavy (non-hydrogen) atoms. The molecule has 0 radical (unpaired) electrons. The zero-order valence-corrected chi connectivity index (χ0v) is 37.2. The van der Waals surface area contributed by atoms with Crippen LogP contribution in [0.2, 0.25) is 0 Å². The van der Waals surface area contributed by atoms with Gasteiger partial charge in [0.1, 0.15) is 0 Å². The van der Waals surface area contributed by atoms with Gasteiger partial charge in [-0.15, -0.1) is 0 Å². The third-order valence-corrected chi connectivity index (χ3v) is 18.2. The van der Waals surface area contributed by atoms with Gasteiger partial charge in [-0.2, -0.15) is 0 Å². The number of nitrogens with zero attached hydrogens (tertiary/aromatic N) is 1. The third kappa shape index (κ3) is 5.34. The highest BCUT2D eigenvalue weighted by atomic mass is 32.2. The fourth-order valence-corrected chi connectivity index (χ4v) is 15.3. The molecule has 298 valence electrons. The minimum absolute atomic E-state index is 0.0151. The Kier molecular flexibility index (Phi) is 8.12. The highest BCUT2D eigenvalue weighted by molar-refractivity contribution is 7.99. The summed E-state index contributed by atoms with van der Waals surface area (Å²) in [6, 6.07) is 41.4. The van der Waals surface area contributed by atoms with Crippen molar-refractivity contribution in [1.82, 2.24) is 0 Å². The highest BCUT2D eigenvalue weighted by Crippen LogP contribution is 2.71. The first-order valence-corrected chi connectivity index (χ1v) is 23.6. The molecule has 5 aromatic rings. The van der Waals surface area contributed by atoms with Gasteiger partial charge in [-0.05, 0) is 184 Å². The van der Waals surface area contributed by atoms with Crippen LogP contribution in [0.25, 0.3) is 11.1 Å². The van der Waals surface area contributed by atoms with E-state index in [1.807, 2.05) is 0 Å². The van der Waals surface area contributed by atoms with Gasteiger partial charge in [0.2, 0.25) is 0 Å². The number of benzene rings is 5. The lowest BCUT2D eigenvalue weighted by atomic mass is 9.41. The summed E-state index contributed by atoms with van der Waals surface area (Å²) in [5.74, 6) is 3.14. The van der Waals surface area contributed by atoms with Crippen molar-refractivity contribution in [2.24, 2.45) is 23.7 Å². The molecule has 7 aliphatic rings. The summed E-state index contributed by atoms with van der Waals surface area (Å²) < 4.78 is 0. The van der Waals surface area contributed by atoms with Crippen LogP contribution in [0.3, 0.4) is 0 Å². The van der Waals surface area contributed by atoms with Crippen LogP contribution in [0.4, 0.5) is 17.1 Å². The first kappa shape index (κ1) is 37.3. The van der Waals surface area contributed by atoms with Crippen molar-refractivity contribution < 1.29 is 0 Å². The Morgan fingerprint density at radius 2 is 0.983 bits per heavy atom. The molecule has 0 atom stereocenters. The van der Waals surface area contributed by atoms with E-state index in [4.69, 9.17) is 0 Å². The lowest BCUT2D eigenvalue weighted by molar-refractivity contribution is -0.0441. The molecule has 12 rings (SSSR count).